The van der Waals surface area contributed by atoms with E-state index in [4.69, 9.17) is 0 Å². The minimum Gasteiger partial charge on any atom is -0.278 e. The number of hydrogen-bond donors (Lipinski definition) is 1. The third-order valence-electron chi connectivity index (χ3n) is 2.27. The Labute approximate surface area is 118 Å². The second-order valence-corrected chi connectivity index (χ2v) is 7.47. The number of anilines is 1. The zero-order valence-electron chi connectivity index (χ0n) is 9.55. The quantitative estimate of drug-likeness (QED) is 0.924. The van der Waals surface area contributed by atoms with Crippen molar-refractivity contribution < 1.29 is 8.42 Å². The van der Waals surface area contributed by atoms with Gasteiger partial charge in [-0.25, -0.2) is 8.42 Å². The second kappa shape index (κ2) is 5.38. The molecule has 7 heteroatoms. The Morgan fingerprint density at radius 1 is 1.39 bits per heavy atom. The number of pyridine rings is 1. The number of halogens is 1. The zero-order valence-corrected chi connectivity index (χ0v) is 12.8. The minimum atomic E-state index is -3.51. The summed E-state index contributed by atoms with van der Waals surface area (Å²) in [6.07, 6.45) is 3.91. The molecule has 4 nitrogen and oxygen atoms in total. The van der Waals surface area contributed by atoms with E-state index in [1.807, 2.05) is 13.0 Å². The Hall–Kier alpha value is -0.920. The third-order valence-corrected chi connectivity index (χ3v) is 5.99. The molecule has 0 atom stereocenters. The van der Waals surface area contributed by atoms with E-state index in [0.29, 0.717) is 14.4 Å². The molecule has 0 aromatic carbocycles. The molecule has 0 amide bonds. The number of nitrogens with zero attached hydrogens (tertiary/aromatic N) is 1. The summed E-state index contributed by atoms with van der Waals surface area (Å²) in [6.45, 7) is 2.00. The first kappa shape index (κ1) is 13.5. The number of rotatable bonds is 4. The molecule has 0 spiro atoms. The first-order chi connectivity index (χ1) is 8.53. The highest BCUT2D eigenvalue weighted by atomic mass is 79.9. The molecule has 18 heavy (non-hydrogen) atoms. The van der Waals surface area contributed by atoms with E-state index in [1.54, 1.807) is 18.3 Å². The second-order valence-electron chi connectivity index (χ2n) is 3.54. The van der Waals surface area contributed by atoms with Gasteiger partial charge in [0.25, 0.3) is 10.0 Å². The van der Waals surface area contributed by atoms with Gasteiger partial charge in [0.15, 0.2) is 0 Å². The van der Waals surface area contributed by atoms with Gasteiger partial charge >= 0.3 is 0 Å². The average Bonchev–Trinajstić information content (AvgIpc) is 2.81. The van der Waals surface area contributed by atoms with E-state index in [2.05, 4.69) is 25.6 Å². The van der Waals surface area contributed by atoms with Gasteiger partial charge in [0, 0.05) is 17.3 Å². The molecule has 0 fully saturated rings. The van der Waals surface area contributed by atoms with Gasteiger partial charge in [0.2, 0.25) is 0 Å². The summed E-state index contributed by atoms with van der Waals surface area (Å²) in [5.74, 6) is 0. The summed E-state index contributed by atoms with van der Waals surface area (Å²) in [6, 6.07) is 5.07. The fraction of sp³-hybridized carbons (Fsp3) is 0.182. The zero-order chi connectivity index (χ0) is 13.2. The van der Waals surface area contributed by atoms with Crippen LogP contribution in [0.5, 0.6) is 0 Å². The summed E-state index contributed by atoms with van der Waals surface area (Å²) in [5, 5.41) is 0. The van der Waals surface area contributed by atoms with Crippen LogP contribution in [-0.4, -0.2) is 13.4 Å². The monoisotopic (exact) mass is 346 g/mol. The summed E-state index contributed by atoms with van der Waals surface area (Å²) >= 11 is 4.54. The Balaban J connectivity index is 2.30. The van der Waals surface area contributed by atoms with E-state index < -0.39 is 10.0 Å². The molecular weight excluding hydrogens is 336 g/mol. The van der Waals surface area contributed by atoms with Crippen LogP contribution in [0.25, 0.3) is 0 Å². The van der Waals surface area contributed by atoms with Crippen molar-refractivity contribution in [1.29, 1.82) is 0 Å². The van der Waals surface area contributed by atoms with Gasteiger partial charge in [-0.05, 0) is 40.5 Å². The Morgan fingerprint density at radius 2 is 2.17 bits per heavy atom. The molecule has 1 N–H and O–H groups in total. The van der Waals surface area contributed by atoms with Crippen LogP contribution in [0.3, 0.4) is 0 Å². The molecule has 2 heterocycles. The summed E-state index contributed by atoms with van der Waals surface area (Å²) < 4.78 is 27.8. The summed E-state index contributed by atoms with van der Waals surface area (Å²) in [5.41, 5.74) is 0.483. The number of hydrogen-bond acceptors (Lipinski definition) is 4. The van der Waals surface area contributed by atoms with Crippen LogP contribution in [0.1, 0.15) is 11.8 Å². The van der Waals surface area contributed by atoms with Gasteiger partial charge in [0.05, 0.1) is 10.2 Å². The van der Waals surface area contributed by atoms with Crippen LogP contribution in [-0.2, 0) is 16.4 Å². The van der Waals surface area contributed by atoms with Crippen LogP contribution < -0.4 is 4.72 Å². The van der Waals surface area contributed by atoms with E-state index in [1.165, 1.54) is 17.5 Å². The fourth-order valence-electron chi connectivity index (χ4n) is 1.35. The molecule has 0 saturated heterocycles. The lowest BCUT2D eigenvalue weighted by Crippen LogP contribution is -2.11. The summed E-state index contributed by atoms with van der Waals surface area (Å²) in [7, 11) is -3.51. The number of thiophene rings is 1. The van der Waals surface area contributed by atoms with E-state index >= 15 is 0 Å². The first-order valence-corrected chi connectivity index (χ1v) is 8.33. The van der Waals surface area contributed by atoms with Crippen LogP contribution in [0.2, 0.25) is 0 Å². The van der Waals surface area contributed by atoms with Crippen LogP contribution in [0, 0.1) is 0 Å². The molecule has 96 valence electrons. The predicted octanol–water partition coefficient (Wildman–Crippen LogP) is 3.27. The molecule has 0 saturated carbocycles. The van der Waals surface area contributed by atoms with Crippen molar-refractivity contribution in [2.75, 3.05) is 4.72 Å². The number of nitrogens with one attached hydrogen (secondary N) is 1. The van der Waals surface area contributed by atoms with Crippen molar-refractivity contribution in [2.24, 2.45) is 0 Å². The predicted molar refractivity (Wildman–Crippen MR) is 76.4 cm³/mol. The molecule has 0 aliphatic carbocycles. The smallest absolute Gasteiger partial charge is 0.271 e. The van der Waals surface area contributed by atoms with Crippen molar-refractivity contribution in [1.82, 2.24) is 4.98 Å². The lowest BCUT2D eigenvalue weighted by Gasteiger charge is -2.07. The highest BCUT2D eigenvalue weighted by molar-refractivity contribution is 9.10. The maximum Gasteiger partial charge on any atom is 0.271 e. The van der Waals surface area contributed by atoms with Gasteiger partial charge < -0.3 is 0 Å². The van der Waals surface area contributed by atoms with Gasteiger partial charge in [-0.3, -0.25) is 9.71 Å². The highest BCUT2D eigenvalue weighted by Gasteiger charge is 2.17. The first-order valence-electron chi connectivity index (χ1n) is 5.24. The standard InChI is InChI=1S/C11H11BrN2O2S2/c1-2-8-3-4-11(17-8)18(15,16)14-10-5-6-13-7-9(10)12/h3-7H,2H2,1H3,(H,13,14). The van der Waals surface area contributed by atoms with Crippen molar-refractivity contribution in [2.45, 2.75) is 17.6 Å². The molecule has 0 aliphatic rings. The van der Waals surface area contributed by atoms with Gasteiger partial charge in [0.1, 0.15) is 4.21 Å². The van der Waals surface area contributed by atoms with Crippen molar-refractivity contribution >= 4 is 43.0 Å². The molecule has 0 unspecified atom stereocenters. The third kappa shape index (κ3) is 2.90. The number of aromatic nitrogens is 1. The fourth-order valence-corrected chi connectivity index (χ4v) is 4.20. The molecule has 0 radical (unpaired) electrons. The van der Waals surface area contributed by atoms with Crippen molar-refractivity contribution in [3.63, 3.8) is 0 Å². The molecule has 2 aromatic rings. The highest BCUT2D eigenvalue weighted by Crippen LogP contribution is 2.27. The lowest BCUT2D eigenvalue weighted by molar-refractivity contribution is 0.603. The molecule has 2 aromatic heterocycles. The van der Waals surface area contributed by atoms with Crippen molar-refractivity contribution in [3.05, 3.63) is 39.9 Å². The molecule has 2 rings (SSSR count). The molecule has 0 aliphatic heterocycles. The number of sulfonamides is 1. The van der Waals surface area contributed by atoms with Gasteiger partial charge in [-0.15, -0.1) is 11.3 Å². The Bertz CT molecular complexity index is 653. The summed E-state index contributed by atoms with van der Waals surface area (Å²) in [4.78, 5) is 4.93. The van der Waals surface area contributed by atoms with Crippen LogP contribution in [0.15, 0.2) is 39.3 Å². The van der Waals surface area contributed by atoms with E-state index in [0.717, 1.165) is 11.3 Å². The normalized spacial score (nSPS) is 11.4. The average molecular weight is 347 g/mol. The van der Waals surface area contributed by atoms with Gasteiger partial charge in [-0.1, -0.05) is 6.92 Å². The molecular formula is C11H11BrN2O2S2. The largest absolute Gasteiger partial charge is 0.278 e. The lowest BCUT2D eigenvalue weighted by atomic mass is 10.4. The van der Waals surface area contributed by atoms with E-state index in [9.17, 15) is 8.42 Å². The van der Waals surface area contributed by atoms with Gasteiger partial charge in [-0.2, -0.15) is 0 Å². The maximum atomic E-state index is 12.1. The maximum absolute atomic E-state index is 12.1. The minimum absolute atomic E-state index is 0.322. The van der Waals surface area contributed by atoms with Crippen LogP contribution >= 0.6 is 27.3 Å². The van der Waals surface area contributed by atoms with E-state index in [-0.39, 0.29) is 0 Å². The number of aryl methyl sites for hydroxylation is 1. The Kier molecular flexibility index (Phi) is 4.04. The van der Waals surface area contributed by atoms with Crippen LogP contribution in [0.4, 0.5) is 5.69 Å². The molecule has 0 bridgehead atoms. The topological polar surface area (TPSA) is 59.1 Å². The Morgan fingerprint density at radius 3 is 2.78 bits per heavy atom. The van der Waals surface area contributed by atoms with Crippen molar-refractivity contribution in [3.8, 4) is 0 Å². The SMILES string of the molecule is CCc1ccc(S(=O)(=O)Nc2ccncc2Br)s1.